The van der Waals surface area contributed by atoms with Crippen molar-refractivity contribution in [3.8, 4) is 0 Å². The van der Waals surface area contributed by atoms with Crippen LogP contribution in [0.2, 0.25) is 0 Å². The molecule has 0 aliphatic heterocycles. The van der Waals surface area contributed by atoms with Crippen molar-refractivity contribution in [3.05, 3.63) is 21.9 Å². The highest BCUT2D eigenvalue weighted by molar-refractivity contribution is 7.10. The van der Waals surface area contributed by atoms with E-state index in [9.17, 15) is 0 Å². The number of thiophene rings is 1. The maximum Gasteiger partial charge on any atom is 0.00461 e. The summed E-state index contributed by atoms with van der Waals surface area (Å²) in [4.78, 5) is 1.47. The quantitative estimate of drug-likeness (QED) is 0.681. The van der Waals surface area contributed by atoms with Crippen LogP contribution in [0.15, 0.2) is 11.4 Å². The normalized spacial score (nSPS) is 10.4. The van der Waals surface area contributed by atoms with E-state index in [2.05, 4.69) is 23.7 Å². The third-order valence-electron chi connectivity index (χ3n) is 1.84. The zero-order chi connectivity index (χ0) is 8.10. The van der Waals surface area contributed by atoms with Crippen LogP contribution in [0.1, 0.15) is 16.9 Å². The Balaban J connectivity index is 2.32. The predicted octanol–water partition coefficient (Wildman–Crippen LogP) is 2.21. The zero-order valence-electron chi connectivity index (χ0n) is 7.18. The number of rotatable bonds is 4. The van der Waals surface area contributed by atoms with E-state index in [4.69, 9.17) is 0 Å². The van der Waals surface area contributed by atoms with Crippen LogP contribution in [0.4, 0.5) is 0 Å². The first kappa shape index (κ1) is 8.75. The summed E-state index contributed by atoms with van der Waals surface area (Å²) in [6.45, 7) is 3.31. The molecule has 1 nitrogen and oxygen atoms in total. The van der Waals surface area contributed by atoms with Gasteiger partial charge in [-0.2, -0.15) is 0 Å². The van der Waals surface area contributed by atoms with Gasteiger partial charge in [-0.05, 0) is 50.4 Å². The van der Waals surface area contributed by atoms with Gasteiger partial charge in [-0.1, -0.05) is 0 Å². The average Bonchev–Trinajstić information content (AvgIpc) is 2.37. The Morgan fingerprint density at radius 3 is 2.91 bits per heavy atom. The standard InChI is InChI=1S/C9H15NS/c1-8-9(5-7-11-8)4-3-6-10-2/h5,7,10H,3-4,6H2,1-2H3. The number of nitrogens with one attached hydrogen (secondary N) is 1. The maximum atomic E-state index is 3.15. The second kappa shape index (κ2) is 4.52. The first-order valence-electron chi connectivity index (χ1n) is 4.02. The van der Waals surface area contributed by atoms with Crippen molar-refractivity contribution >= 4 is 11.3 Å². The highest BCUT2D eigenvalue weighted by Crippen LogP contribution is 2.16. The third kappa shape index (κ3) is 2.64. The molecule has 1 rings (SSSR count). The van der Waals surface area contributed by atoms with E-state index < -0.39 is 0 Å². The smallest absolute Gasteiger partial charge is 0.00461 e. The van der Waals surface area contributed by atoms with Gasteiger partial charge in [0.25, 0.3) is 0 Å². The van der Waals surface area contributed by atoms with Crippen molar-refractivity contribution < 1.29 is 0 Å². The summed E-state index contributed by atoms with van der Waals surface area (Å²) in [5.41, 5.74) is 1.52. The minimum Gasteiger partial charge on any atom is -0.320 e. The van der Waals surface area contributed by atoms with E-state index >= 15 is 0 Å². The largest absolute Gasteiger partial charge is 0.320 e. The lowest BCUT2D eigenvalue weighted by Gasteiger charge is -1.98. The molecule has 0 bridgehead atoms. The molecule has 0 aromatic carbocycles. The van der Waals surface area contributed by atoms with Gasteiger partial charge in [0, 0.05) is 4.88 Å². The molecular weight excluding hydrogens is 154 g/mol. The van der Waals surface area contributed by atoms with Crippen LogP contribution in [0.5, 0.6) is 0 Å². The summed E-state index contributed by atoms with van der Waals surface area (Å²) in [6, 6.07) is 2.23. The summed E-state index contributed by atoms with van der Waals surface area (Å²) in [6.07, 6.45) is 2.46. The Morgan fingerprint density at radius 1 is 1.55 bits per heavy atom. The Bertz CT molecular complexity index is 205. The van der Waals surface area contributed by atoms with Crippen molar-refractivity contribution in [1.29, 1.82) is 0 Å². The summed E-state index contributed by atoms with van der Waals surface area (Å²) in [7, 11) is 2.00. The third-order valence-corrected chi connectivity index (χ3v) is 2.73. The summed E-state index contributed by atoms with van der Waals surface area (Å²) < 4.78 is 0. The van der Waals surface area contributed by atoms with Gasteiger partial charge in [0.1, 0.15) is 0 Å². The van der Waals surface area contributed by atoms with E-state index in [1.807, 2.05) is 18.4 Å². The summed E-state index contributed by atoms with van der Waals surface area (Å²) in [5, 5.41) is 5.32. The summed E-state index contributed by atoms with van der Waals surface area (Å²) in [5.74, 6) is 0. The fourth-order valence-electron chi connectivity index (χ4n) is 1.13. The van der Waals surface area contributed by atoms with Gasteiger partial charge < -0.3 is 5.32 Å². The SMILES string of the molecule is CNCCCc1ccsc1C. The topological polar surface area (TPSA) is 12.0 Å². The molecule has 0 amide bonds. The predicted molar refractivity (Wildman–Crippen MR) is 51.3 cm³/mol. The highest BCUT2D eigenvalue weighted by Gasteiger charge is 1.97. The number of hydrogen-bond acceptors (Lipinski definition) is 2. The second-order valence-corrected chi connectivity index (χ2v) is 3.83. The molecule has 0 atom stereocenters. The van der Waals surface area contributed by atoms with E-state index in [1.54, 1.807) is 0 Å². The van der Waals surface area contributed by atoms with Crippen molar-refractivity contribution in [1.82, 2.24) is 5.32 Å². The number of aryl methyl sites for hydroxylation is 2. The van der Waals surface area contributed by atoms with E-state index in [0.29, 0.717) is 0 Å². The molecule has 11 heavy (non-hydrogen) atoms. The minimum absolute atomic E-state index is 1.12. The Morgan fingerprint density at radius 2 is 2.36 bits per heavy atom. The molecule has 0 saturated heterocycles. The van der Waals surface area contributed by atoms with Crippen molar-refractivity contribution in [2.75, 3.05) is 13.6 Å². The lowest BCUT2D eigenvalue weighted by Crippen LogP contribution is -2.08. The van der Waals surface area contributed by atoms with Crippen molar-refractivity contribution in [2.45, 2.75) is 19.8 Å². The molecule has 0 saturated carbocycles. The molecule has 0 aliphatic rings. The van der Waals surface area contributed by atoms with Crippen LogP contribution in [0, 0.1) is 6.92 Å². The lowest BCUT2D eigenvalue weighted by atomic mass is 10.1. The van der Waals surface area contributed by atoms with Crippen LogP contribution in [0.25, 0.3) is 0 Å². The zero-order valence-corrected chi connectivity index (χ0v) is 8.00. The number of hydrogen-bond donors (Lipinski definition) is 1. The van der Waals surface area contributed by atoms with Gasteiger partial charge in [0.05, 0.1) is 0 Å². The van der Waals surface area contributed by atoms with Gasteiger partial charge >= 0.3 is 0 Å². The molecule has 1 heterocycles. The molecule has 2 heteroatoms. The first-order chi connectivity index (χ1) is 5.34. The van der Waals surface area contributed by atoms with Crippen molar-refractivity contribution in [3.63, 3.8) is 0 Å². The van der Waals surface area contributed by atoms with Gasteiger partial charge in [-0.15, -0.1) is 11.3 Å². The van der Waals surface area contributed by atoms with Crippen LogP contribution < -0.4 is 5.32 Å². The Labute approximate surface area is 72.4 Å². The maximum absolute atomic E-state index is 3.15. The molecule has 0 radical (unpaired) electrons. The van der Waals surface area contributed by atoms with E-state index in [-0.39, 0.29) is 0 Å². The van der Waals surface area contributed by atoms with Gasteiger partial charge in [0.2, 0.25) is 0 Å². The molecular formula is C9H15NS. The first-order valence-corrected chi connectivity index (χ1v) is 4.90. The van der Waals surface area contributed by atoms with E-state index in [0.717, 1.165) is 6.54 Å². The Hall–Kier alpha value is -0.340. The average molecular weight is 169 g/mol. The second-order valence-electron chi connectivity index (χ2n) is 2.71. The lowest BCUT2D eigenvalue weighted by molar-refractivity contribution is 0.724. The Kier molecular flexibility index (Phi) is 3.60. The summed E-state index contributed by atoms with van der Waals surface area (Å²) >= 11 is 1.84. The molecule has 0 aliphatic carbocycles. The molecule has 62 valence electrons. The molecule has 1 aromatic rings. The van der Waals surface area contributed by atoms with Crippen LogP contribution >= 0.6 is 11.3 Å². The van der Waals surface area contributed by atoms with Crippen LogP contribution in [-0.2, 0) is 6.42 Å². The molecule has 0 unspecified atom stereocenters. The molecule has 0 spiro atoms. The molecule has 1 aromatic heterocycles. The van der Waals surface area contributed by atoms with Crippen LogP contribution in [-0.4, -0.2) is 13.6 Å². The van der Waals surface area contributed by atoms with Gasteiger partial charge in [-0.3, -0.25) is 0 Å². The highest BCUT2D eigenvalue weighted by atomic mass is 32.1. The molecule has 1 N–H and O–H groups in total. The van der Waals surface area contributed by atoms with Crippen LogP contribution in [0.3, 0.4) is 0 Å². The van der Waals surface area contributed by atoms with Gasteiger partial charge in [0.15, 0.2) is 0 Å². The minimum atomic E-state index is 1.12. The van der Waals surface area contributed by atoms with Crippen molar-refractivity contribution in [2.24, 2.45) is 0 Å². The fourth-order valence-corrected chi connectivity index (χ4v) is 1.88. The van der Waals surface area contributed by atoms with E-state index in [1.165, 1.54) is 23.3 Å². The molecule has 0 fully saturated rings. The van der Waals surface area contributed by atoms with Gasteiger partial charge in [-0.25, -0.2) is 0 Å². The fraction of sp³-hybridized carbons (Fsp3) is 0.556. The monoisotopic (exact) mass is 169 g/mol.